The quantitative estimate of drug-likeness (QED) is 0.721. The summed E-state index contributed by atoms with van der Waals surface area (Å²) in [7, 11) is 0. The summed E-state index contributed by atoms with van der Waals surface area (Å²) in [6.45, 7) is 0. The van der Waals surface area contributed by atoms with E-state index in [1.54, 1.807) is 12.3 Å². The number of hydrogen-bond acceptors (Lipinski definition) is 3. The van der Waals surface area contributed by atoms with Gasteiger partial charge in [-0.2, -0.15) is 10.1 Å². The van der Waals surface area contributed by atoms with Crippen LogP contribution in [0.4, 0.5) is 5.82 Å². The van der Waals surface area contributed by atoms with E-state index < -0.39 is 0 Å². The maximum atomic E-state index is 11.9. The first-order valence-electron chi connectivity index (χ1n) is 5.71. The summed E-state index contributed by atoms with van der Waals surface area (Å²) >= 11 is 0. The van der Waals surface area contributed by atoms with E-state index in [1.807, 2.05) is 42.5 Å². The molecular formula is C14H11ClN3O-. The van der Waals surface area contributed by atoms with Crippen molar-refractivity contribution in [1.29, 1.82) is 0 Å². The lowest BCUT2D eigenvalue weighted by Crippen LogP contribution is -3.00. The Morgan fingerprint density at radius 2 is 1.74 bits per heavy atom. The molecule has 0 unspecified atom stereocenters. The maximum absolute atomic E-state index is 11.9. The van der Waals surface area contributed by atoms with Crippen molar-refractivity contribution in [3.05, 3.63) is 60.3 Å². The third kappa shape index (κ3) is 2.63. The van der Waals surface area contributed by atoms with Crippen LogP contribution < -0.4 is 17.4 Å². The number of amides is 1. The number of halogens is 1. The molecule has 3 rings (SSSR count). The summed E-state index contributed by atoms with van der Waals surface area (Å²) in [4.78, 5) is 16.1. The Hall–Kier alpha value is -2.20. The van der Waals surface area contributed by atoms with E-state index in [-0.39, 0.29) is 18.3 Å². The zero-order valence-electron chi connectivity index (χ0n) is 10.0. The molecule has 0 bridgehead atoms. The molecule has 0 N–H and O–H groups in total. The number of anilines is 1. The molecule has 19 heavy (non-hydrogen) atoms. The minimum absolute atomic E-state index is 0. The van der Waals surface area contributed by atoms with Crippen LogP contribution in [0, 0.1) is 0 Å². The van der Waals surface area contributed by atoms with Gasteiger partial charge in [-0.3, -0.25) is 4.79 Å². The largest absolute Gasteiger partial charge is 1.00 e. The number of nitrogens with zero attached hydrogens (tertiary/aromatic N) is 3. The van der Waals surface area contributed by atoms with Gasteiger partial charge in [0.1, 0.15) is 0 Å². The third-order valence-corrected chi connectivity index (χ3v) is 2.75. The Balaban J connectivity index is 0.00000133. The van der Waals surface area contributed by atoms with E-state index in [2.05, 4.69) is 10.1 Å². The normalized spacial score (nSPS) is 14.0. The lowest BCUT2D eigenvalue weighted by molar-refractivity contribution is -0.116. The molecule has 0 radical (unpaired) electrons. The van der Waals surface area contributed by atoms with E-state index >= 15 is 0 Å². The third-order valence-electron chi connectivity index (χ3n) is 2.75. The van der Waals surface area contributed by atoms with Crippen molar-refractivity contribution >= 4 is 17.4 Å². The predicted molar refractivity (Wildman–Crippen MR) is 69.3 cm³/mol. The average molecular weight is 273 g/mol. The summed E-state index contributed by atoms with van der Waals surface area (Å²) in [5.74, 6) is 0.515. The van der Waals surface area contributed by atoms with Crippen LogP contribution in [0.1, 0.15) is 12.0 Å². The van der Waals surface area contributed by atoms with E-state index in [1.165, 1.54) is 5.01 Å². The van der Waals surface area contributed by atoms with Gasteiger partial charge in [-0.05, 0) is 17.7 Å². The fourth-order valence-electron chi connectivity index (χ4n) is 1.88. The highest BCUT2D eigenvalue weighted by atomic mass is 35.5. The fourth-order valence-corrected chi connectivity index (χ4v) is 1.88. The van der Waals surface area contributed by atoms with Crippen LogP contribution in [-0.2, 0) is 4.79 Å². The van der Waals surface area contributed by atoms with Crippen molar-refractivity contribution in [2.24, 2.45) is 5.10 Å². The molecule has 1 aliphatic heterocycles. The summed E-state index contributed by atoms with van der Waals surface area (Å²) in [5.41, 5.74) is 1.76. The highest BCUT2D eigenvalue weighted by Gasteiger charge is 2.26. The fraction of sp³-hybridized carbons (Fsp3) is 0.0714. The number of hydrazone groups is 1. The smallest absolute Gasteiger partial charge is 0.254 e. The lowest BCUT2D eigenvalue weighted by Gasteiger charge is -2.08. The molecule has 96 valence electrons. The Morgan fingerprint density at radius 3 is 2.42 bits per heavy atom. The maximum Gasteiger partial charge on any atom is 0.254 e. The van der Waals surface area contributed by atoms with E-state index in [0.717, 1.165) is 11.3 Å². The van der Waals surface area contributed by atoms with E-state index in [9.17, 15) is 4.79 Å². The molecule has 0 atom stereocenters. The van der Waals surface area contributed by atoms with Crippen LogP contribution in [0.2, 0.25) is 0 Å². The second-order valence-corrected chi connectivity index (χ2v) is 3.98. The minimum atomic E-state index is -0.0486. The van der Waals surface area contributed by atoms with Gasteiger partial charge in [-0.25, -0.2) is 4.98 Å². The molecule has 0 saturated heterocycles. The predicted octanol–water partition coefficient (Wildman–Crippen LogP) is -0.773. The molecule has 5 heteroatoms. The molecule has 1 aromatic carbocycles. The van der Waals surface area contributed by atoms with Crippen LogP contribution in [0.3, 0.4) is 0 Å². The monoisotopic (exact) mass is 272 g/mol. The molecule has 2 aromatic rings. The zero-order chi connectivity index (χ0) is 12.4. The van der Waals surface area contributed by atoms with Crippen LogP contribution >= 0.6 is 0 Å². The lowest BCUT2D eigenvalue weighted by atomic mass is 10.1. The van der Waals surface area contributed by atoms with Gasteiger partial charge in [0.05, 0.1) is 12.1 Å². The molecule has 0 saturated carbocycles. The minimum Gasteiger partial charge on any atom is -1.00 e. The first-order chi connectivity index (χ1) is 8.84. The molecule has 4 nitrogen and oxygen atoms in total. The van der Waals surface area contributed by atoms with Crippen LogP contribution in [0.25, 0.3) is 0 Å². The Bertz CT molecular complexity index is 599. The second-order valence-electron chi connectivity index (χ2n) is 3.98. The highest BCUT2D eigenvalue weighted by molar-refractivity contribution is 6.18. The van der Waals surface area contributed by atoms with Crippen molar-refractivity contribution in [3.63, 3.8) is 0 Å². The summed E-state index contributed by atoms with van der Waals surface area (Å²) in [6.07, 6.45) is 1.97. The van der Waals surface area contributed by atoms with Gasteiger partial charge in [0.15, 0.2) is 5.82 Å². The zero-order valence-corrected chi connectivity index (χ0v) is 10.8. The summed E-state index contributed by atoms with van der Waals surface area (Å²) in [5, 5.41) is 5.71. The number of benzene rings is 1. The van der Waals surface area contributed by atoms with Crippen molar-refractivity contribution in [3.8, 4) is 0 Å². The first kappa shape index (κ1) is 13.2. The van der Waals surface area contributed by atoms with Crippen LogP contribution in [-0.4, -0.2) is 16.6 Å². The van der Waals surface area contributed by atoms with Crippen LogP contribution in [0.15, 0.2) is 59.8 Å². The van der Waals surface area contributed by atoms with Gasteiger partial charge in [0.2, 0.25) is 0 Å². The van der Waals surface area contributed by atoms with Crippen LogP contribution in [0.5, 0.6) is 0 Å². The number of carbonyl (C=O) groups excluding carboxylic acids is 1. The van der Waals surface area contributed by atoms with Gasteiger partial charge < -0.3 is 12.4 Å². The Kier molecular flexibility index (Phi) is 3.92. The number of hydrogen-bond donors (Lipinski definition) is 0. The molecule has 1 aromatic heterocycles. The number of carbonyl (C=O) groups is 1. The number of rotatable bonds is 2. The molecule has 2 heterocycles. The van der Waals surface area contributed by atoms with Gasteiger partial charge >= 0.3 is 0 Å². The second kappa shape index (κ2) is 5.63. The van der Waals surface area contributed by atoms with E-state index in [0.29, 0.717) is 12.2 Å². The van der Waals surface area contributed by atoms with Crippen molar-refractivity contribution in [2.45, 2.75) is 6.42 Å². The van der Waals surface area contributed by atoms with Crippen molar-refractivity contribution in [1.82, 2.24) is 4.98 Å². The Morgan fingerprint density at radius 1 is 1.00 bits per heavy atom. The SMILES string of the molecule is O=C1CC(c2ccccc2)=NN1c1ccccn1.[Cl-]. The Labute approximate surface area is 117 Å². The topological polar surface area (TPSA) is 45.6 Å². The van der Waals surface area contributed by atoms with Gasteiger partial charge in [0.25, 0.3) is 5.91 Å². The standard InChI is InChI=1S/C14H11N3O.ClH/c18-14-10-12(11-6-2-1-3-7-11)16-17(14)13-8-4-5-9-15-13;/h1-9H,10H2;1H/p-1. The summed E-state index contributed by atoms with van der Waals surface area (Å²) < 4.78 is 0. The molecule has 1 aliphatic rings. The molecular weight excluding hydrogens is 262 g/mol. The molecule has 0 fully saturated rings. The van der Waals surface area contributed by atoms with Crippen molar-refractivity contribution in [2.75, 3.05) is 5.01 Å². The van der Waals surface area contributed by atoms with E-state index in [4.69, 9.17) is 0 Å². The van der Waals surface area contributed by atoms with Gasteiger partial charge in [-0.1, -0.05) is 36.4 Å². The highest BCUT2D eigenvalue weighted by Crippen LogP contribution is 2.20. The summed E-state index contributed by atoms with van der Waals surface area (Å²) in [6, 6.07) is 15.1. The molecule has 0 aliphatic carbocycles. The average Bonchev–Trinajstić information content (AvgIpc) is 2.83. The van der Waals surface area contributed by atoms with Gasteiger partial charge in [0, 0.05) is 6.20 Å². The first-order valence-corrected chi connectivity index (χ1v) is 5.71. The number of pyridine rings is 1. The van der Waals surface area contributed by atoms with Crippen molar-refractivity contribution < 1.29 is 17.2 Å². The van der Waals surface area contributed by atoms with Gasteiger partial charge in [-0.15, -0.1) is 0 Å². The molecule has 1 amide bonds. The molecule has 0 spiro atoms. The number of aromatic nitrogens is 1.